The number of aromatic nitrogens is 2. The first-order valence-electron chi connectivity index (χ1n) is 3.88. The summed E-state index contributed by atoms with van der Waals surface area (Å²) in [7, 11) is 0. The maximum Gasteiger partial charge on any atom is 0.235 e. The van der Waals surface area contributed by atoms with E-state index >= 15 is 0 Å². The minimum Gasteiger partial charge on any atom is -0.468 e. The summed E-state index contributed by atoms with van der Waals surface area (Å²) in [5.74, 6) is 0.616. The molecule has 1 fully saturated rings. The first-order valence-corrected chi connectivity index (χ1v) is 3.88. The van der Waals surface area contributed by atoms with Crippen LogP contribution in [0.2, 0.25) is 0 Å². The van der Waals surface area contributed by atoms with Crippen LogP contribution in [0, 0.1) is 6.92 Å². The summed E-state index contributed by atoms with van der Waals surface area (Å²) >= 11 is 0. The van der Waals surface area contributed by atoms with Gasteiger partial charge in [0, 0.05) is 12.4 Å². The molecule has 0 bridgehead atoms. The van der Waals surface area contributed by atoms with Crippen LogP contribution in [0.15, 0.2) is 12.4 Å². The summed E-state index contributed by atoms with van der Waals surface area (Å²) < 4.78 is 10.5. The smallest absolute Gasteiger partial charge is 0.235 e. The van der Waals surface area contributed by atoms with Gasteiger partial charge in [0.05, 0.1) is 18.9 Å². The molecule has 0 spiro atoms. The largest absolute Gasteiger partial charge is 0.468 e. The van der Waals surface area contributed by atoms with Crippen LogP contribution in [0.5, 0.6) is 5.88 Å². The number of ether oxygens (including phenoxy) is 2. The Kier molecular flexibility index (Phi) is 1.91. The van der Waals surface area contributed by atoms with E-state index in [-0.39, 0.29) is 6.10 Å². The van der Waals surface area contributed by atoms with E-state index in [0.717, 1.165) is 5.69 Å². The van der Waals surface area contributed by atoms with Crippen molar-refractivity contribution in [2.24, 2.45) is 0 Å². The van der Waals surface area contributed by atoms with Crippen molar-refractivity contribution in [3.05, 3.63) is 18.1 Å². The summed E-state index contributed by atoms with van der Waals surface area (Å²) in [5, 5.41) is 0. The number of hydrogen-bond donors (Lipinski definition) is 0. The normalized spacial score (nSPS) is 17.1. The van der Waals surface area contributed by atoms with Crippen molar-refractivity contribution in [1.29, 1.82) is 0 Å². The van der Waals surface area contributed by atoms with E-state index < -0.39 is 0 Å². The number of rotatable bonds is 2. The van der Waals surface area contributed by atoms with E-state index in [1.807, 2.05) is 6.92 Å². The van der Waals surface area contributed by atoms with Crippen molar-refractivity contribution in [3.8, 4) is 5.88 Å². The van der Waals surface area contributed by atoms with Gasteiger partial charge in [0.15, 0.2) is 0 Å². The van der Waals surface area contributed by atoms with Crippen molar-refractivity contribution >= 4 is 0 Å². The van der Waals surface area contributed by atoms with Crippen molar-refractivity contribution in [2.75, 3.05) is 13.2 Å². The zero-order valence-electron chi connectivity index (χ0n) is 6.86. The van der Waals surface area contributed by atoms with E-state index in [0.29, 0.717) is 19.1 Å². The molecule has 2 heterocycles. The lowest BCUT2D eigenvalue weighted by Crippen LogP contribution is -2.39. The van der Waals surface area contributed by atoms with E-state index in [4.69, 9.17) is 9.47 Å². The van der Waals surface area contributed by atoms with Gasteiger partial charge in [-0.05, 0) is 6.92 Å². The minimum absolute atomic E-state index is 0.167. The van der Waals surface area contributed by atoms with E-state index in [9.17, 15) is 0 Å². The highest BCUT2D eigenvalue weighted by atomic mass is 16.6. The molecule has 4 nitrogen and oxygen atoms in total. The monoisotopic (exact) mass is 166 g/mol. The molecule has 0 saturated carbocycles. The fourth-order valence-electron chi connectivity index (χ4n) is 0.950. The second-order valence-electron chi connectivity index (χ2n) is 2.72. The Morgan fingerprint density at radius 2 is 2.17 bits per heavy atom. The summed E-state index contributed by atoms with van der Waals surface area (Å²) in [5.41, 5.74) is 0.824. The van der Waals surface area contributed by atoms with Gasteiger partial charge in [0.25, 0.3) is 0 Å². The molecule has 1 aromatic rings. The molecular weight excluding hydrogens is 156 g/mol. The standard InChI is InChI=1S/C8H10N2O2/c1-6-8(10-3-2-9-6)12-7-4-11-5-7/h2-3,7H,4-5H2,1H3. The molecule has 0 aliphatic carbocycles. The molecule has 2 rings (SSSR count). The molecular formula is C8H10N2O2. The lowest BCUT2D eigenvalue weighted by atomic mass is 10.3. The third kappa shape index (κ3) is 1.38. The molecule has 64 valence electrons. The van der Waals surface area contributed by atoms with Gasteiger partial charge < -0.3 is 9.47 Å². The zero-order chi connectivity index (χ0) is 8.39. The van der Waals surface area contributed by atoms with Crippen LogP contribution in [-0.2, 0) is 4.74 Å². The fourth-order valence-corrected chi connectivity index (χ4v) is 0.950. The van der Waals surface area contributed by atoms with Gasteiger partial charge in [0.1, 0.15) is 6.10 Å². The molecule has 4 heteroatoms. The third-order valence-corrected chi connectivity index (χ3v) is 1.72. The van der Waals surface area contributed by atoms with Crippen molar-refractivity contribution < 1.29 is 9.47 Å². The number of aryl methyl sites for hydroxylation is 1. The summed E-state index contributed by atoms with van der Waals surface area (Å²) in [6.07, 6.45) is 3.45. The Hall–Kier alpha value is -1.16. The van der Waals surface area contributed by atoms with Gasteiger partial charge in [0.2, 0.25) is 5.88 Å². The van der Waals surface area contributed by atoms with Gasteiger partial charge in [-0.3, -0.25) is 4.98 Å². The molecule has 1 aromatic heterocycles. The Labute approximate surface area is 70.6 Å². The SMILES string of the molecule is Cc1nccnc1OC1COC1. The molecule has 1 saturated heterocycles. The lowest BCUT2D eigenvalue weighted by molar-refractivity contribution is -0.0817. The molecule has 12 heavy (non-hydrogen) atoms. The van der Waals surface area contributed by atoms with Crippen LogP contribution in [0.4, 0.5) is 0 Å². The molecule has 1 aliphatic rings. The molecule has 0 N–H and O–H groups in total. The Balaban J connectivity index is 2.06. The molecule has 1 aliphatic heterocycles. The number of hydrogen-bond acceptors (Lipinski definition) is 4. The van der Waals surface area contributed by atoms with Crippen molar-refractivity contribution in [3.63, 3.8) is 0 Å². The molecule has 0 radical (unpaired) electrons. The van der Waals surface area contributed by atoms with E-state index in [1.54, 1.807) is 12.4 Å². The van der Waals surface area contributed by atoms with Gasteiger partial charge in [-0.2, -0.15) is 0 Å². The van der Waals surface area contributed by atoms with Crippen molar-refractivity contribution in [1.82, 2.24) is 9.97 Å². The molecule has 0 amide bonds. The summed E-state index contributed by atoms with van der Waals surface area (Å²) in [6, 6.07) is 0. The van der Waals surface area contributed by atoms with Crippen LogP contribution in [0.1, 0.15) is 5.69 Å². The summed E-state index contributed by atoms with van der Waals surface area (Å²) in [6.45, 7) is 3.20. The van der Waals surface area contributed by atoms with Gasteiger partial charge in [-0.15, -0.1) is 0 Å². The average Bonchev–Trinajstić information content (AvgIpc) is 2.00. The second-order valence-corrected chi connectivity index (χ2v) is 2.72. The van der Waals surface area contributed by atoms with Crippen molar-refractivity contribution in [2.45, 2.75) is 13.0 Å². The van der Waals surface area contributed by atoms with Gasteiger partial charge in [-0.25, -0.2) is 4.98 Å². The average molecular weight is 166 g/mol. The second kappa shape index (κ2) is 3.06. The highest BCUT2D eigenvalue weighted by Crippen LogP contribution is 2.14. The Bertz CT molecular complexity index is 274. The fraction of sp³-hybridized carbons (Fsp3) is 0.500. The third-order valence-electron chi connectivity index (χ3n) is 1.72. The zero-order valence-corrected chi connectivity index (χ0v) is 6.86. The van der Waals surface area contributed by atoms with Crippen LogP contribution in [0.3, 0.4) is 0 Å². The first-order chi connectivity index (χ1) is 5.86. The van der Waals surface area contributed by atoms with Gasteiger partial charge >= 0.3 is 0 Å². The van der Waals surface area contributed by atoms with Crippen LogP contribution in [-0.4, -0.2) is 29.3 Å². The molecule has 0 aromatic carbocycles. The van der Waals surface area contributed by atoms with Crippen LogP contribution in [0.25, 0.3) is 0 Å². The Morgan fingerprint density at radius 3 is 2.75 bits per heavy atom. The first kappa shape index (κ1) is 7.49. The highest BCUT2D eigenvalue weighted by Gasteiger charge is 2.21. The highest BCUT2D eigenvalue weighted by molar-refractivity contribution is 5.15. The predicted molar refractivity (Wildman–Crippen MR) is 42.0 cm³/mol. The number of nitrogens with zero attached hydrogens (tertiary/aromatic N) is 2. The van der Waals surface area contributed by atoms with Gasteiger partial charge in [-0.1, -0.05) is 0 Å². The predicted octanol–water partition coefficient (Wildman–Crippen LogP) is 0.563. The van der Waals surface area contributed by atoms with Crippen LogP contribution >= 0.6 is 0 Å². The van der Waals surface area contributed by atoms with E-state index in [1.165, 1.54) is 0 Å². The maximum absolute atomic E-state index is 5.48. The Morgan fingerprint density at radius 1 is 1.42 bits per heavy atom. The quantitative estimate of drug-likeness (QED) is 0.644. The van der Waals surface area contributed by atoms with E-state index in [2.05, 4.69) is 9.97 Å². The topological polar surface area (TPSA) is 44.2 Å². The molecule has 0 atom stereocenters. The lowest BCUT2D eigenvalue weighted by Gasteiger charge is -2.26. The molecule has 0 unspecified atom stereocenters. The van der Waals surface area contributed by atoms with Crippen LogP contribution < -0.4 is 4.74 Å². The minimum atomic E-state index is 0.167. The maximum atomic E-state index is 5.48. The summed E-state index contributed by atoms with van der Waals surface area (Å²) in [4.78, 5) is 8.12.